The molecule has 3 N–H and O–H groups in total. The van der Waals surface area contributed by atoms with Gasteiger partial charge in [0.2, 0.25) is 0 Å². The van der Waals surface area contributed by atoms with Crippen LogP contribution in [0.1, 0.15) is 45.7 Å². The molecule has 0 aromatic heterocycles. The molecule has 24 heavy (non-hydrogen) atoms. The minimum absolute atomic E-state index is 0.133. The molecule has 1 unspecified atom stereocenters. The van der Waals surface area contributed by atoms with Crippen LogP contribution in [-0.2, 0) is 6.42 Å². The van der Waals surface area contributed by atoms with E-state index in [2.05, 4.69) is 53.7 Å². The summed E-state index contributed by atoms with van der Waals surface area (Å²) in [6.45, 7) is 12.3. The smallest absolute Gasteiger partial charge is 0.404 e. The average Bonchev–Trinajstić information content (AvgIpc) is 2.46. The third-order valence-corrected chi connectivity index (χ3v) is 4.41. The lowest BCUT2D eigenvalue weighted by Crippen LogP contribution is -2.44. The van der Waals surface area contributed by atoms with Gasteiger partial charge in [-0.05, 0) is 17.4 Å². The van der Waals surface area contributed by atoms with E-state index in [1.54, 1.807) is 0 Å². The zero-order valence-electron chi connectivity index (χ0n) is 15.3. The SMILES string of the molecule is CC1(C)CN=C(c2ccc(CC(NC(=O)O)C(C)(C)C)cc2)NC1. The van der Waals surface area contributed by atoms with Crippen LogP contribution in [0.15, 0.2) is 29.3 Å². The molecular formula is C19H29N3O2. The van der Waals surface area contributed by atoms with Crippen LogP contribution in [-0.4, -0.2) is 36.2 Å². The van der Waals surface area contributed by atoms with E-state index in [4.69, 9.17) is 5.11 Å². The van der Waals surface area contributed by atoms with Gasteiger partial charge in [-0.3, -0.25) is 4.99 Å². The van der Waals surface area contributed by atoms with E-state index < -0.39 is 6.09 Å². The molecule has 0 radical (unpaired) electrons. The second kappa shape index (κ2) is 6.83. The van der Waals surface area contributed by atoms with Gasteiger partial charge in [0, 0.05) is 30.1 Å². The van der Waals surface area contributed by atoms with Crippen molar-refractivity contribution in [3.05, 3.63) is 35.4 Å². The predicted octanol–water partition coefficient (Wildman–Crippen LogP) is 3.29. The number of amidine groups is 1. The van der Waals surface area contributed by atoms with Crippen molar-refractivity contribution >= 4 is 11.9 Å². The first-order valence-corrected chi connectivity index (χ1v) is 8.44. The van der Waals surface area contributed by atoms with Crippen LogP contribution in [0.5, 0.6) is 0 Å². The highest BCUT2D eigenvalue weighted by atomic mass is 16.4. The van der Waals surface area contributed by atoms with Crippen molar-refractivity contribution in [1.82, 2.24) is 10.6 Å². The van der Waals surface area contributed by atoms with E-state index in [0.717, 1.165) is 30.1 Å². The van der Waals surface area contributed by atoms with Crippen LogP contribution in [0.3, 0.4) is 0 Å². The van der Waals surface area contributed by atoms with Crippen molar-refractivity contribution in [3.63, 3.8) is 0 Å². The Morgan fingerprint density at radius 3 is 2.42 bits per heavy atom. The minimum atomic E-state index is -0.977. The van der Waals surface area contributed by atoms with Crippen LogP contribution in [0.2, 0.25) is 0 Å². The number of nitrogens with one attached hydrogen (secondary N) is 2. The second-order valence-corrected chi connectivity index (χ2v) is 8.45. The van der Waals surface area contributed by atoms with Gasteiger partial charge in [0.25, 0.3) is 0 Å². The first-order valence-electron chi connectivity index (χ1n) is 8.44. The molecule has 1 aromatic rings. The van der Waals surface area contributed by atoms with Crippen molar-refractivity contribution in [1.29, 1.82) is 0 Å². The van der Waals surface area contributed by atoms with Gasteiger partial charge in [0.05, 0.1) is 0 Å². The highest BCUT2D eigenvalue weighted by molar-refractivity contribution is 5.99. The molecule has 1 heterocycles. The number of carboxylic acid groups (broad SMARTS) is 1. The Balaban J connectivity index is 2.09. The molecule has 5 nitrogen and oxygen atoms in total. The molecule has 0 saturated carbocycles. The van der Waals surface area contributed by atoms with Gasteiger partial charge in [-0.25, -0.2) is 4.79 Å². The molecule has 132 valence electrons. The lowest BCUT2D eigenvalue weighted by Gasteiger charge is -2.31. The fourth-order valence-corrected chi connectivity index (χ4v) is 2.68. The van der Waals surface area contributed by atoms with Crippen LogP contribution < -0.4 is 10.6 Å². The van der Waals surface area contributed by atoms with Gasteiger partial charge in [-0.1, -0.05) is 58.9 Å². The second-order valence-electron chi connectivity index (χ2n) is 8.45. The lowest BCUT2D eigenvalue weighted by atomic mass is 9.83. The Morgan fingerprint density at radius 2 is 1.96 bits per heavy atom. The van der Waals surface area contributed by atoms with Crippen molar-refractivity contribution in [2.24, 2.45) is 15.8 Å². The fourth-order valence-electron chi connectivity index (χ4n) is 2.68. The first-order chi connectivity index (χ1) is 11.1. The number of hydrogen-bond acceptors (Lipinski definition) is 3. The monoisotopic (exact) mass is 331 g/mol. The molecule has 0 aliphatic carbocycles. The molecule has 1 aliphatic rings. The van der Waals surface area contributed by atoms with Crippen LogP contribution in [0.25, 0.3) is 0 Å². The van der Waals surface area contributed by atoms with Gasteiger partial charge in [-0.2, -0.15) is 0 Å². The van der Waals surface area contributed by atoms with Gasteiger partial charge in [0.1, 0.15) is 5.84 Å². The third-order valence-electron chi connectivity index (χ3n) is 4.41. The molecule has 0 saturated heterocycles. The summed E-state index contributed by atoms with van der Waals surface area (Å²) in [5.41, 5.74) is 2.25. The van der Waals surface area contributed by atoms with E-state index >= 15 is 0 Å². The Labute approximate surface area is 144 Å². The number of rotatable bonds is 4. The molecule has 5 heteroatoms. The summed E-state index contributed by atoms with van der Waals surface area (Å²) in [6.07, 6.45) is -0.307. The molecule has 0 bridgehead atoms. The van der Waals surface area contributed by atoms with Gasteiger partial charge >= 0.3 is 6.09 Å². The number of hydrogen-bond donors (Lipinski definition) is 3. The molecular weight excluding hydrogens is 302 g/mol. The summed E-state index contributed by atoms with van der Waals surface area (Å²) in [6, 6.07) is 8.09. The summed E-state index contributed by atoms with van der Waals surface area (Å²) in [5.74, 6) is 0.942. The third kappa shape index (κ3) is 4.98. The van der Waals surface area contributed by atoms with E-state index in [1.807, 2.05) is 20.8 Å². The maximum Gasteiger partial charge on any atom is 0.404 e. The van der Waals surface area contributed by atoms with Crippen LogP contribution >= 0.6 is 0 Å². The lowest BCUT2D eigenvalue weighted by molar-refractivity contribution is 0.174. The van der Waals surface area contributed by atoms with Crippen molar-refractivity contribution in [2.75, 3.05) is 13.1 Å². The first kappa shape index (κ1) is 18.3. The summed E-state index contributed by atoms with van der Waals surface area (Å²) in [5, 5.41) is 15.1. The molecule has 0 fully saturated rings. The number of aliphatic imine (C=N–C) groups is 1. The number of amides is 1. The number of carbonyl (C=O) groups is 1. The zero-order chi connectivity index (χ0) is 18.0. The molecule has 1 aromatic carbocycles. The predicted molar refractivity (Wildman–Crippen MR) is 97.7 cm³/mol. The maximum atomic E-state index is 11.0. The molecule has 0 spiro atoms. The summed E-state index contributed by atoms with van der Waals surface area (Å²) in [4.78, 5) is 15.7. The van der Waals surface area contributed by atoms with E-state index in [1.165, 1.54) is 0 Å². The van der Waals surface area contributed by atoms with Crippen LogP contribution in [0.4, 0.5) is 4.79 Å². The van der Waals surface area contributed by atoms with Crippen LogP contribution in [0, 0.1) is 10.8 Å². The standard InChI is InChI=1S/C19H29N3O2/c1-18(2,3)15(22-17(23)24)10-13-6-8-14(9-7-13)16-20-11-19(4,5)12-21-16/h6-9,15,22H,10-12H2,1-5H3,(H,20,21)(H,23,24). The molecule has 1 atom stereocenters. The van der Waals surface area contributed by atoms with Gasteiger partial charge in [0.15, 0.2) is 0 Å². The highest BCUT2D eigenvalue weighted by Gasteiger charge is 2.26. The van der Waals surface area contributed by atoms with Gasteiger partial charge < -0.3 is 15.7 Å². The number of nitrogens with zero attached hydrogens (tertiary/aromatic N) is 1. The minimum Gasteiger partial charge on any atom is -0.465 e. The quantitative estimate of drug-likeness (QED) is 0.792. The molecule has 1 aliphatic heterocycles. The topological polar surface area (TPSA) is 73.7 Å². The Morgan fingerprint density at radius 1 is 1.33 bits per heavy atom. The maximum absolute atomic E-state index is 11.0. The van der Waals surface area contributed by atoms with Crippen molar-refractivity contribution in [3.8, 4) is 0 Å². The average molecular weight is 331 g/mol. The molecule has 1 amide bonds. The van der Waals surface area contributed by atoms with Gasteiger partial charge in [-0.15, -0.1) is 0 Å². The zero-order valence-corrected chi connectivity index (χ0v) is 15.3. The molecule has 2 rings (SSSR count). The highest BCUT2D eigenvalue weighted by Crippen LogP contribution is 2.23. The fraction of sp³-hybridized carbons (Fsp3) is 0.579. The summed E-state index contributed by atoms with van der Waals surface area (Å²) in [7, 11) is 0. The number of benzene rings is 1. The summed E-state index contributed by atoms with van der Waals surface area (Å²) < 4.78 is 0. The normalized spacial score (nSPS) is 18.3. The van der Waals surface area contributed by atoms with E-state index in [0.29, 0.717) is 6.42 Å². The Hall–Kier alpha value is -2.04. The van der Waals surface area contributed by atoms with Crippen molar-refractivity contribution < 1.29 is 9.90 Å². The summed E-state index contributed by atoms with van der Waals surface area (Å²) >= 11 is 0. The van der Waals surface area contributed by atoms with E-state index in [-0.39, 0.29) is 16.9 Å². The largest absolute Gasteiger partial charge is 0.465 e. The van der Waals surface area contributed by atoms with Crippen molar-refractivity contribution in [2.45, 2.75) is 47.1 Å². The Bertz CT molecular complexity index is 612. The van der Waals surface area contributed by atoms with E-state index in [9.17, 15) is 4.79 Å². The Kier molecular flexibility index (Phi) is 5.21.